The van der Waals surface area contributed by atoms with E-state index in [0.29, 0.717) is 5.56 Å². The molecule has 28 heavy (non-hydrogen) atoms. The molecule has 0 radical (unpaired) electrons. The number of hydrogen-bond donors (Lipinski definition) is 1. The molecule has 148 valence electrons. The number of ether oxygens (including phenoxy) is 3. The van der Waals surface area contributed by atoms with Crippen molar-refractivity contribution < 1.29 is 28.6 Å². The van der Waals surface area contributed by atoms with E-state index in [1.807, 2.05) is 6.07 Å². The molecule has 0 aromatic heterocycles. The molecule has 0 aliphatic heterocycles. The molecule has 0 aliphatic carbocycles. The maximum Gasteiger partial charge on any atom is 0.516 e. The van der Waals surface area contributed by atoms with Gasteiger partial charge in [-0.3, -0.25) is 0 Å². The van der Waals surface area contributed by atoms with Gasteiger partial charge >= 0.3 is 18.2 Å². The van der Waals surface area contributed by atoms with Crippen LogP contribution in [0.15, 0.2) is 60.7 Å². The first kappa shape index (κ1) is 21.0. The van der Waals surface area contributed by atoms with E-state index in [0.717, 1.165) is 5.56 Å². The number of carbonyl (C=O) groups excluding carboxylic acids is 3. The van der Waals surface area contributed by atoms with Gasteiger partial charge in [0.15, 0.2) is 6.04 Å². The molecule has 2 rings (SSSR count). The monoisotopic (exact) mass is 385 g/mol. The largest absolute Gasteiger partial charge is 0.516 e. The van der Waals surface area contributed by atoms with Gasteiger partial charge in [-0.25, -0.2) is 14.4 Å². The number of amides is 1. The lowest BCUT2D eigenvalue weighted by molar-refractivity contribution is -0.142. The van der Waals surface area contributed by atoms with Crippen LogP contribution in [0, 0.1) is 0 Å². The van der Waals surface area contributed by atoms with E-state index in [1.165, 1.54) is 0 Å². The standard InChI is InChI=1S/C21H23NO6/c1-21(2,3)28-19(24)22-17(16-12-8-5-9-13-16)18(23)27-20(25)26-14-15-10-6-4-7-11-15/h4-13,17H,14H2,1-3H3,(H,22,24). The summed E-state index contributed by atoms with van der Waals surface area (Å²) in [5, 5.41) is 2.43. The van der Waals surface area contributed by atoms with E-state index in [2.05, 4.69) is 5.32 Å². The summed E-state index contributed by atoms with van der Waals surface area (Å²) < 4.78 is 14.9. The van der Waals surface area contributed by atoms with E-state index >= 15 is 0 Å². The minimum Gasteiger partial charge on any atom is -0.444 e. The SMILES string of the molecule is CC(C)(C)OC(=O)NC(C(=O)OC(=O)OCc1ccccc1)c1ccccc1. The molecule has 0 fully saturated rings. The third-order valence-corrected chi connectivity index (χ3v) is 3.41. The zero-order chi connectivity index (χ0) is 20.6. The molecular weight excluding hydrogens is 362 g/mol. The van der Waals surface area contributed by atoms with Gasteiger partial charge in [0.25, 0.3) is 0 Å². The molecule has 1 amide bonds. The Kier molecular flexibility index (Phi) is 7.14. The van der Waals surface area contributed by atoms with Crippen molar-refractivity contribution in [3.8, 4) is 0 Å². The predicted octanol–water partition coefficient (Wildman–Crippen LogP) is 4.13. The molecular formula is C21H23NO6. The van der Waals surface area contributed by atoms with Gasteiger partial charge in [-0.1, -0.05) is 60.7 Å². The lowest BCUT2D eigenvalue weighted by Gasteiger charge is -2.22. The van der Waals surface area contributed by atoms with Crippen molar-refractivity contribution in [2.75, 3.05) is 0 Å². The topological polar surface area (TPSA) is 90.9 Å². The number of rotatable bonds is 5. The molecule has 1 atom stereocenters. The van der Waals surface area contributed by atoms with Gasteiger partial charge in [0.1, 0.15) is 12.2 Å². The normalized spacial score (nSPS) is 11.8. The van der Waals surface area contributed by atoms with Crippen molar-refractivity contribution in [1.82, 2.24) is 5.32 Å². The Balaban J connectivity index is 2.02. The third kappa shape index (κ3) is 7.11. The van der Waals surface area contributed by atoms with Crippen molar-refractivity contribution in [3.63, 3.8) is 0 Å². The first-order valence-corrected chi connectivity index (χ1v) is 8.71. The van der Waals surface area contributed by atoms with Gasteiger partial charge in [0, 0.05) is 0 Å². The Labute approximate surface area is 163 Å². The van der Waals surface area contributed by atoms with Crippen LogP contribution >= 0.6 is 0 Å². The lowest BCUT2D eigenvalue weighted by Crippen LogP contribution is -2.39. The average molecular weight is 385 g/mol. The quantitative estimate of drug-likeness (QED) is 0.615. The van der Waals surface area contributed by atoms with E-state index < -0.39 is 29.9 Å². The van der Waals surface area contributed by atoms with E-state index in [1.54, 1.807) is 75.4 Å². The van der Waals surface area contributed by atoms with Gasteiger partial charge in [-0.15, -0.1) is 0 Å². The van der Waals surface area contributed by atoms with E-state index in [-0.39, 0.29) is 6.61 Å². The fourth-order valence-corrected chi connectivity index (χ4v) is 2.24. The summed E-state index contributed by atoms with van der Waals surface area (Å²) >= 11 is 0. The van der Waals surface area contributed by atoms with Crippen LogP contribution in [0.3, 0.4) is 0 Å². The van der Waals surface area contributed by atoms with Crippen LogP contribution in [0.25, 0.3) is 0 Å². The molecule has 7 nitrogen and oxygen atoms in total. The van der Waals surface area contributed by atoms with Crippen molar-refractivity contribution in [2.45, 2.75) is 39.0 Å². The Bertz CT molecular complexity index is 799. The fraction of sp³-hybridized carbons (Fsp3) is 0.286. The van der Waals surface area contributed by atoms with Crippen LogP contribution in [0.5, 0.6) is 0 Å². The van der Waals surface area contributed by atoms with Crippen LogP contribution < -0.4 is 5.32 Å². The minimum absolute atomic E-state index is 0.0392. The Morgan fingerprint density at radius 2 is 1.50 bits per heavy atom. The summed E-state index contributed by atoms with van der Waals surface area (Å²) in [4.78, 5) is 36.4. The first-order chi connectivity index (χ1) is 13.2. The Hall–Kier alpha value is -3.35. The van der Waals surface area contributed by atoms with Gasteiger partial charge in [0.2, 0.25) is 0 Å². The Morgan fingerprint density at radius 3 is 2.07 bits per heavy atom. The minimum atomic E-state index is -1.22. The summed E-state index contributed by atoms with van der Waals surface area (Å²) in [7, 11) is 0. The highest BCUT2D eigenvalue weighted by Crippen LogP contribution is 2.17. The Morgan fingerprint density at radius 1 is 0.929 bits per heavy atom. The van der Waals surface area contributed by atoms with Crippen LogP contribution in [-0.2, 0) is 25.6 Å². The molecule has 2 aromatic carbocycles. The molecule has 0 saturated heterocycles. The zero-order valence-electron chi connectivity index (χ0n) is 16.0. The molecule has 1 N–H and O–H groups in total. The molecule has 7 heteroatoms. The first-order valence-electron chi connectivity index (χ1n) is 8.71. The highest BCUT2D eigenvalue weighted by Gasteiger charge is 2.29. The second-order valence-electron chi connectivity index (χ2n) is 6.94. The highest BCUT2D eigenvalue weighted by molar-refractivity contribution is 5.89. The number of nitrogens with one attached hydrogen (secondary N) is 1. The maximum absolute atomic E-state index is 12.5. The second-order valence-corrected chi connectivity index (χ2v) is 6.94. The highest BCUT2D eigenvalue weighted by atomic mass is 16.7. The predicted molar refractivity (Wildman–Crippen MR) is 101 cm³/mol. The summed E-state index contributed by atoms with van der Waals surface area (Å²) in [6.07, 6.45) is -1.96. The molecule has 0 saturated carbocycles. The molecule has 0 heterocycles. The number of carbonyl (C=O) groups is 3. The summed E-state index contributed by atoms with van der Waals surface area (Å²) in [5.74, 6) is -0.977. The number of alkyl carbamates (subject to hydrolysis) is 1. The van der Waals surface area contributed by atoms with E-state index in [9.17, 15) is 14.4 Å². The number of hydrogen-bond acceptors (Lipinski definition) is 6. The van der Waals surface area contributed by atoms with Gasteiger partial charge in [0.05, 0.1) is 0 Å². The fourth-order valence-electron chi connectivity index (χ4n) is 2.24. The summed E-state index contributed by atoms with van der Waals surface area (Å²) in [5.41, 5.74) is 0.441. The third-order valence-electron chi connectivity index (χ3n) is 3.41. The van der Waals surface area contributed by atoms with Crippen LogP contribution in [0.1, 0.15) is 37.9 Å². The van der Waals surface area contributed by atoms with Gasteiger partial charge in [-0.2, -0.15) is 0 Å². The lowest BCUT2D eigenvalue weighted by atomic mass is 10.1. The molecule has 0 bridgehead atoms. The van der Waals surface area contributed by atoms with E-state index in [4.69, 9.17) is 14.2 Å². The van der Waals surface area contributed by atoms with Crippen molar-refractivity contribution in [3.05, 3.63) is 71.8 Å². The van der Waals surface area contributed by atoms with Crippen LogP contribution in [0.4, 0.5) is 9.59 Å². The molecule has 1 unspecified atom stereocenters. The summed E-state index contributed by atoms with van der Waals surface area (Å²) in [6.45, 7) is 5.05. The van der Waals surface area contributed by atoms with Crippen LogP contribution in [0.2, 0.25) is 0 Å². The maximum atomic E-state index is 12.5. The second kappa shape index (κ2) is 9.55. The summed E-state index contributed by atoms with van der Waals surface area (Å²) in [6, 6.07) is 16.1. The number of esters is 1. The van der Waals surface area contributed by atoms with Crippen molar-refractivity contribution in [2.24, 2.45) is 0 Å². The zero-order valence-corrected chi connectivity index (χ0v) is 16.0. The molecule has 2 aromatic rings. The van der Waals surface area contributed by atoms with Gasteiger partial charge in [-0.05, 0) is 31.9 Å². The molecule has 0 spiro atoms. The van der Waals surface area contributed by atoms with Gasteiger partial charge < -0.3 is 19.5 Å². The average Bonchev–Trinajstić information content (AvgIpc) is 2.64. The molecule has 0 aliphatic rings. The van der Waals surface area contributed by atoms with Crippen molar-refractivity contribution in [1.29, 1.82) is 0 Å². The number of benzene rings is 2. The van der Waals surface area contributed by atoms with Crippen molar-refractivity contribution >= 4 is 18.2 Å². The smallest absolute Gasteiger partial charge is 0.444 e. The van der Waals surface area contributed by atoms with Crippen LogP contribution in [-0.4, -0.2) is 23.8 Å².